The summed E-state index contributed by atoms with van der Waals surface area (Å²) in [6.45, 7) is 4.37. The first-order valence-corrected chi connectivity index (χ1v) is 11.2. The van der Waals surface area contributed by atoms with E-state index in [1.165, 1.54) is 0 Å². The van der Waals surface area contributed by atoms with Crippen LogP contribution in [0.3, 0.4) is 0 Å². The van der Waals surface area contributed by atoms with Crippen LogP contribution in [0.4, 0.5) is 5.69 Å². The van der Waals surface area contributed by atoms with E-state index in [0.29, 0.717) is 29.5 Å². The molecule has 1 unspecified atom stereocenters. The first kappa shape index (κ1) is 22.0. The lowest BCUT2D eigenvalue weighted by atomic mass is 10.1. The van der Waals surface area contributed by atoms with Gasteiger partial charge in [0.25, 0.3) is 0 Å². The van der Waals surface area contributed by atoms with Crippen LogP contribution in [0.5, 0.6) is 5.75 Å². The minimum Gasteiger partial charge on any atom is -0.494 e. The molecule has 0 saturated carbocycles. The van der Waals surface area contributed by atoms with E-state index in [2.05, 4.69) is 5.32 Å². The molecule has 0 saturated heterocycles. The van der Waals surface area contributed by atoms with E-state index in [0.717, 1.165) is 16.1 Å². The first-order valence-electron chi connectivity index (χ1n) is 9.01. The minimum absolute atomic E-state index is 0.218. The standard InChI is InChI=1S/C20H25ClN2O4S/c1-4-19(20(24)22-14-15-8-6-7-9-18(15)21)23(28(3,25)26)16-10-12-17(13-11-16)27-5-2/h6-13,19H,4-5,14H2,1-3H3,(H,22,24). The number of halogens is 1. The van der Waals surface area contributed by atoms with Gasteiger partial charge >= 0.3 is 0 Å². The van der Waals surface area contributed by atoms with Gasteiger partial charge in [-0.05, 0) is 49.2 Å². The lowest BCUT2D eigenvalue weighted by molar-refractivity contribution is -0.122. The van der Waals surface area contributed by atoms with Gasteiger partial charge in [0, 0.05) is 11.6 Å². The van der Waals surface area contributed by atoms with Crippen LogP contribution in [-0.2, 0) is 21.4 Å². The third-order valence-corrected chi connectivity index (χ3v) is 5.69. The Morgan fingerprint density at radius 3 is 2.32 bits per heavy atom. The van der Waals surface area contributed by atoms with Gasteiger partial charge in [0.15, 0.2) is 0 Å². The van der Waals surface area contributed by atoms with Crippen LogP contribution in [-0.4, -0.2) is 33.2 Å². The molecule has 1 atom stereocenters. The summed E-state index contributed by atoms with van der Waals surface area (Å²) < 4.78 is 31.5. The third kappa shape index (κ3) is 5.62. The van der Waals surface area contributed by atoms with Crippen LogP contribution in [0.15, 0.2) is 48.5 Å². The van der Waals surface area contributed by atoms with Crippen molar-refractivity contribution in [2.75, 3.05) is 17.2 Å². The molecule has 2 rings (SSSR count). The number of hydrogen-bond donors (Lipinski definition) is 1. The highest BCUT2D eigenvalue weighted by Gasteiger charge is 2.31. The van der Waals surface area contributed by atoms with Gasteiger partial charge in [0.2, 0.25) is 15.9 Å². The maximum absolute atomic E-state index is 12.8. The molecule has 1 amide bonds. The molecular formula is C20H25ClN2O4S. The minimum atomic E-state index is -3.68. The van der Waals surface area contributed by atoms with Gasteiger partial charge in [-0.1, -0.05) is 36.7 Å². The number of sulfonamides is 1. The van der Waals surface area contributed by atoms with E-state index >= 15 is 0 Å². The van der Waals surface area contributed by atoms with E-state index < -0.39 is 16.1 Å². The number of carbonyl (C=O) groups is 1. The van der Waals surface area contributed by atoms with Gasteiger partial charge in [0.1, 0.15) is 11.8 Å². The van der Waals surface area contributed by atoms with Crippen molar-refractivity contribution < 1.29 is 17.9 Å². The van der Waals surface area contributed by atoms with E-state index in [1.807, 2.05) is 19.1 Å². The second-order valence-electron chi connectivity index (χ2n) is 6.22. The Kier molecular flexibility index (Phi) is 7.71. The van der Waals surface area contributed by atoms with Crippen molar-refractivity contribution in [1.82, 2.24) is 5.32 Å². The number of nitrogens with one attached hydrogen (secondary N) is 1. The number of carbonyl (C=O) groups excluding carboxylic acids is 1. The largest absolute Gasteiger partial charge is 0.494 e. The highest BCUT2D eigenvalue weighted by molar-refractivity contribution is 7.92. The number of nitrogens with zero attached hydrogens (tertiary/aromatic N) is 1. The third-order valence-electron chi connectivity index (χ3n) is 4.14. The zero-order chi connectivity index (χ0) is 20.7. The van der Waals surface area contributed by atoms with E-state index in [1.54, 1.807) is 43.3 Å². The van der Waals surface area contributed by atoms with Crippen molar-refractivity contribution in [2.24, 2.45) is 0 Å². The van der Waals surface area contributed by atoms with Crippen molar-refractivity contribution in [2.45, 2.75) is 32.9 Å². The number of amides is 1. The normalized spacial score (nSPS) is 12.3. The Hall–Kier alpha value is -2.25. The quantitative estimate of drug-likeness (QED) is 0.667. The number of ether oxygens (including phenoxy) is 1. The molecule has 152 valence electrons. The zero-order valence-electron chi connectivity index (χ0n) is 16.2. The van der Waals surface area contributed by atoms with Gasteiger partial charge in [0.05, 0.1) is 18.6 Å². The summed E-state index contributed by atoms with van der Waals surface area (Å²) in [6.07, 6.45) is 1.40. The molecular weight excluding hydrogens is 400 g/mol. The summed E-state index contributed by atoms with van der Waals surface area (Å²) in [4.78, 5) is 12.8. The molecule has 28 heavy (non-hydrogen) atoms. The summed E-state index contributed by atoms with van der Waals surface area (Å²) in [6, 6.07) is 12.9. The molecule has 0 aliphatic heterocycles. The van der Waals surface area contributed by atoms with Gasteiger partial charge in [-0.15, -0.1) is 0 Å². The Labute approximate surface area is 171 Å². The Morgan fingerprint density at radius 1 is 1.14 bits per heavy atom. The number of benzene rings is 2. The highest BCUT2D eigenvalue weighted by atomic mass is 35.5. The second kappa shape index (κ2) is 9.80. The number of hydrogen-bond acceptors (Lipinski definition) is 4. The summed E-state index contributed by atoms with van der Waals surface area (Å²) in [7, 11) is -3.68. The fourth-order valence-corrected chi connectivity index (χ4v) is 4.27. The van der Waals surface area contributed by atoms with Crippen LogP contribution in [0, 0.1) is 0 Å². The topological polar surface area (TPSA) is 75.7 Å². The summed E-state index contributed by atoms with van der Waals surface area (Å²) in [5, 5.41) is 3.33. The van der Waals surface area contributed by atoms with Crippen molar-refractivity contribution in [1.29, 1.82) is 0 Å². The molecule has 0 heterocycles. The molecule has 0 aromatic heterocycles. The molecule has 1 N–H and O–H groups in total. The predicted octanol–water partition coefficient (Wildman–Crippen LogP) is 3.60. The Morgan fingerprint density at radius 2 is 1.79 bits per heavy atom. The fourth-order valence-electron chi connectivity index (χ4n) is 2.86. The Balaban J connectivity index is 2.24. The molecule has 8 heteroatoms. The molecule has 2 aromatic rings. The van der Waals surface area contributed by atoms with E-state index in [4.69, 9.17) is 16.3 Å². The lowest BCUT2D eigenvalue weighted by Gasteiger charge is -2.30. The second-order valence-corrected chi connectivity index (χ2v) is 8.49. The highest BCUT2D eigenvalue weighted by Crippen LogP contribution is 2.25. The first-order chi connectivity index (χ1) is 13.3. The van der Waals surface area contributed by atoms with Gasteiger partial charge < -0.3 is 10.1 Å². The lowest BCUT2D eigenvalue weighted by Crippen LogP contribution is -2.49. The molecule has 0 aliphatic carbocycles. The van der Waals surface area contributed by atoms with Crippen LogP contribution < -0.4 is 14.4 Å². The number of rotatable bonds is 9. The summed E-state index contributed by atoms with van der Waals surface area (Å²) in [5.41, 5.74) is 1.17. The van der Waals surface area contributed by atoms with Crippen molar-refractivity contribution in [3.63, 3.8) is 0 Å². The monoisotopic (exact) mass is 424 g/mol. The van der Waals surface area contributed by atoms with E-state index in [9.17, 15) is 13.2 Å². The van der Waals surface area contributed by atoms with Gasteiger partial charge in [-0.3, -0.25) is 9.10 Å². The fraction of sp³-hybridized carbons (Fsp3) is 0.350. The molecule has 0 radical (unpaired) electrons. The van der Waals surface area contributed by atoms with Crippen LogP contribution in [0.2, 0.25) is 5.02 Å². The van der Waals surface area contributed by atoms with Crippen molar-refractivity contribution in [3.8, 4) is 5.75 Å². The van der Waals surface area contributed by atoms with Gasteiger partial charge in [-0.2, -0.15) is 0 Å². The maximum atomic E-state index is 12.8. The number of anilines is 1. The maximum Gasteiger partial charge on any atom is 0.244 e. The molecule has 0 bridgehead atoms. The van der Waals surface area contributed by atoms with Gasteiger partial charge in [-0.25, -0.2) is 8.42 Å². The van der Waals surface area contributed by atoms with Crippen molar-refractivity contribution >= 4 is 33.2 Å². The Bertz CT molecular complexity index is 901. The molecule has 0 fully saturated rings. The average molecular weight is 425 g/mol. The SMILES string of the molecule is CCOc1ccc(N(C(CC)C(=O)NCc2ccccc2Cl)S(C)(=O)=O)cc1. The molecule has 0 spiro atoms. The zero-order valence-corrected chi connectivity index (χ0v) is 17.8. The summed E-state index contributed by atoms with van der Waals surface area (Å²) in [5.74, 6) is 0.248. The van der Waals surface area contributed by atoms with Crippen LogP contribution in [0.25, 0.3) is 0 Å². The average Bonchev–Trinajstić information content (AvgIpc) is 2.65. The smallest absolute Gasteiger partial charge is 0.244 e. The molecule has 2 aromatic carbocycles. The van der Waals surface area contributed by atoms with E-state index in [-0.39, 0.29) is 12.5 Å². The summed E-state index contributed by atoms with van der Waals surface area (Å²) >= 11 is 6.12. The molecule has 0 aliphatic rings. The van der Waals surface area contributed by atoms with Crippen LogP contribution >= 0.6 is 11.6 Å². The molecule has 6 nitrogen and oxygen atoms in total. The van der Waals surface area contributed by atoms with Crippen molar-refractivity contribution in [3.05, 3.63) is 59.1 Å². The van der Waals surface area contributed by atoms with Crippen LogP contribution in [0.1, 0.15) is 25.8 Å². The predicted molar refractivity (Wildman–Crippen MR) is 112 cm³/mol.